The Morgan fingerprint density at radius 2 is 1.92 bits per heavy atom. The summed E-state index contributed by atoms with van der Waals surface area (Å²) in [7, 11) is 1.04. The molecule has 1 aromatic rings. The van der Waals surface area contributed by atoms with Crippen LogP contribution in [0.5, 0.6) is 11.5 Å². The molecule has 0 amide bonds. The SMILES string of the molecule is COC(=O)C1=C(O)C2(OC=C(C)C2=O)C(=O)c2c(O)cccc2O1. The number of ketones is 2. The minimum Gasteiger partial charge on any atom is -0.507 e. The highest BCUT2D eigenvalue weighted by Gasteiger charge is 2.60. The van der Waals surface area contributed by atoms with Crippen LogP contribution in [0.3, 0.4) is 0 Å². The first-order valence-electron chi connectivity index (χ1n) is 6.80. The molecule has 2 aliphatic heterocycles. The summed E-state index contributed by atoms with van der Waals surface area (Å²) in [6, 6.07) is 3.86. The van der Waals surface area contributed by atoms with Crippen LogP contribution in [0, 0.1) is 0 Å². The fraction of sp³-hybridized carbons (Fsp3) is 0.188. The van der Waals surface area contributed by atoms with Crippen LogP contribution in [-0.4, -0.2) is 40.5 Å². The number of aromatic hydroxyl groups is 1. The van der Waals surface area contributed by atoms with Gasteiger partial charge in [0.2, 0.25) is 17.3 Å². The van der Waals surface area contributed by atoms with Crippen LogP contribution in [0.15, 0.2) is 41.6 Å². The first-order chi connectivity index (χ1) is 11.3. The number of hydrogen-bond acceptors (Lipinski definition) is 8. The summed E-state index contributed by atoms with van der Waals surface area (Å²) in [5.74, 6) is -5.55. The lowest BCUT2D eigenvalue weighted by Crippen LogP contribution is -2.48. The number of aliphatic hydroxyl groups excluding tert-OH is 1. The Hall–Kier alpha value is -3.29. The molecule has 3 rings (SSSR count). The summed E-state index contributed by atoms with van der Waals surface area (Å²) in [5, 5.41) is 20.5. The highest BCUT2D eigenvalue weighted by molar-refractivity contribution is 6.27. The third-order valence-electron chi connectivity index (χ3n) is 3.77. The number of ether oxygens (including phenoxy) is 3. The molecule has 2 N–H and O–H groups in total. The number of phenolic OH excluding ortho intramolecular Hbond substituents is 1. The van der Waals surface area contributed by atoms with Crippen LogP contribution in [0.1, 0.15) is 17.3 Å². The number of hydrogen-bond donors (Lipinski definition) is 2. The zero-order chi connectivity index (χ0) is 17.6. The number of benzene rings is 1. The number of carbonyl (C=O) groups excluding carboxylic acids is 3. The normalized spacial score (nSPS) is 22.5. The van der Waals surface area contributed by atoms with Crippen molar-refractivity contribution in [2.45, 2.75) is 12.5 Å². The van der Waals surface area contributed by atoms with E-state index in [1.807, 2.05) is 0 Å². The molecule has 0 saturated carbocycles. The van der Waals surface area contributed by atoms with Gasteiger partial charge in [-0.3, -0.25) is 9.59 Å². The molecule has 24 heavy (non-hydrogen) atoms. The minimum atomic E-state index is -2.53. The van der Waals surface area contributed by atoms with Crippen LogP contribution >= 0.6 is 0 Å². The van der Waals surface area contributed by atoms with Crippen LogP contribution in [0.2, 0.25) is 0 Å². The summed E-state index contributed by atoms with van der Waals surface area (Å²) >= 11 is 0. The second-order valence-corrected chi connectivity index (χ2v) is 5.18. The van der Waals surface area contributed by atoms with E-state index in [0.717, 1.165) is 13.4 Å². The Balaban J connectivity index is 2.35. The molecular weight excluding hydrogens is 320 g/mol. The zero-order valence-corrected chi connectivity index (χ0v) is 12.7. The lowest BCUT2D eigenvalue weighted by molar-refractivity contribution is -0.139. The lowest BCUT2D eigenvalue weighted by atomic mass is 9.85. The first kappa shape index (κ1) is 15.6. The molecule has 2 aliphatic rings. The lowest BCUT2D eigenvalue weighted by Gasteiger charge is -2.23. The second-order valence-electron chi connectivity index (χ2n) is 5.18. The maximum absolute atomic E-state index is 12.9. The van der Waals surface area contributed by atoms with Gasteiger partial charge in [-0.1, -0.05) is 6.07 Å². The summed E-state index contributed by atoms with van der Waals surface area (Å²) < 4.78 is 15.0. The molecule has 1 spiro atoms. The Morgan fingerprint density at radius 3 is 2.50 bits per heavy atom. The molecule has 124 valence electrons. The van der Waals surface area contributed by atoms with Gasteiger partial charge in [-0.25, -0.2) is 4.79 Å². The quantitative estimate of drug-likeness (QED) is 0.580. The van der Waals surface area contributed by atoms with Gasteiger partial charge in [0.15, 0.2) is 0 Å². The van der Waals surface area contributed by atoms with Crippen molar-refractivity contribution in [1.29, 1.82) is 0 Å². The van der Waals surface area contributed by atoms with Crippen molar-refractivity contribution in [2.24, 2.45) is 0 Å². The average Bonchev–Trinajstić information content (AvgIpc) is 2.82. The molecule has 1 unspecified atom stereocenters. The predicted octanol–water partition coefficient (Wildman–Crippen LogP) is 1.15. The van der Waals surface area contributed by atoms with Gasteiger partial charge in [0.05, 0.1) is 13.4 Å². The van der Waals surface area contributed by atoms with Gasteiger partial charge in [-0.15, -0.1) is 0 Å². The standard InChI is InChI=1S/C16H12O8/c1-7-6-23-16(12(7)18)13(19)10-8(17)4-3-5-9(10)24-11(14(16)20)15(21)22-2/h3-6,17,20H,1-2H3. The van der Waals surface area contributed by atoms with E-state index in [9.17, 15) is 24.6 Å². The van der Waals surface area contributed by atoms with Crippen LogP contribution in [0.25, 0.3) is 0 Å². The molecular formula is C16H12O8. The van der Waals surface area contributed by atoms with Crippen molar-refractivity contribution in [2.75, 3.05) is 7.11 Å². The molecule has 2 heterocycles. The molecule has 1 aromatic carbocycles. The van der Waals surface area contributed by atoms with Gasteiger partial charge in [-0.2, -0.15) is 0 Å². The fourth-order valence-electron chi connectivity index (χ4n) is 2.55. The summed E-state index contributed by atoms with van der Waals surface area (Å²) in [5.41, 5.74) is -2.87. The maximum Gasteiger partial charge on any atom is 0.377 e. The van der Waals surface area contributed by atoms with Crippen molar-refractivity contribution < 1.29 is 38.8 Å². The molecule has 0 aliphatic carbocycles. The molecule has 1 atom stereocenters. The predicted molar refractivity (Wildman–Crippen MR) is 77.3 cm³/mol. The number of aliphatic hydroxyl groups is 1. The van der Waals surface area contributed by atoms with Gasteiger partial charge in [0, 0.05) is 5.57 Å². The largest absolute Gasteiger partial charge is 0.507 e. The molecule has 0 aromatic heterocycles. The maximum atomic E-state index is 12.9. The summed E-state index contributed by atoms with van der Waals surface area (Å²) in [6.07, 6.45) is 0.996. The van der Waals surface area contributed by atoms with E-state index in [1.165, 1.54) is 25.1 Å². The van der Waals surface area contributed by atoms with Crippen molar-refractivity contribution in [3.8, 4) is 11.5 Å². The Labute approximate surface area is 135 Å². The number of carbonyl (C=O) groups is 3. The Morgan fingerprint density at radius 1 is 1.21 bits per heavy atom. The molecule has 8 nitrogen and oxygen atoms in total. The Kier molecular flexibility index (Phi) is 3.33. The third kappa shape index (κ3) is 1.82. The first-order valence-corrected chi connectivity index (χ1v) is 6.80. The van der Waals surface area contributed by atoms with E-state index in [-0.39, 0.29) is 16.9 Å². The Bertz CT molecular complexity index is 848. The van der Waals surface area contributed by atoms with Crippen LogP contribution in [-0.2, 0) is 19.1 Å². The van der Waals surface area contributed by atoms with Crippen molar-refractivity contribution in [3.63, 3.8) is 0 Å². The highest BCUT2D eigenvalue weighted by atomic mass is 16.6. The van der Waals surface area contributed by atoms with Crippen LogP contribution < -0.4 is 4.74 Å². The second kappa shape index (κ2) is 5.12. The number of rotatable bonds is 1. The van der Waals surface area contributed by atoms with Crippen molar-refractivity contribution >= 4 is 17.5 Å². The highest BCUT2D eigenvalue weighted by Crippen LogP contribution is 2.43. The van der Waals surface area contributed by atoms with E-state index < -0.39 is 40.4 Å². The van der Waals surface area contributed by atoms with E-state index in [1.54, 1.807) is 0 Å². The minimum absolute atomic E-state index is 0.0537. The molecule has 0 saturated heterocycles. The monoisotopic (exact) mass is 332 g/mol. The van der Waals surface area contributed by atoms with Crippen molar-refractivity contribution in [1.82, 2.24) is 0 Å². The zero-order valence-electron chi connectivity index (χ0n) is 12.7. The molecule has 0 bridgehead atoms. The number of fused-ring (bicyclic) bond motifs is 1. The van der Waals surface area contributed by atoms with E-state index in [2.05, 4.69) is 4.74 Å². The van der Waals surface area contributed by atoms with Crippen molar-refractivity contribution in [3.05, 3.63) is 47.1 Å². The summed E-state index contributed by atoms with van der Waals surface area (Å²) in [4.78, 5) is 37.4. The number of methoxy groups -OCH3 is 1. The molecule has 8 heteroatoms. The van der Waals surface area contributed by atoms with Gasteiger partial charge < -0.3 is 24.4 Å². The van der Waals surface area contributed by atoms with E-state index in [4.69, 9.17) is 9.47 Å². The van der Waals surface area contributed by atoms with Gasteiger partial charge >= 0.3 is 5.97 Å². The summed E-state index contributed by atoms with van der Waals surface area (Å²) in [6.45, 7) is 1.38. The van der Waals surface area contributed by atoms with E-state index in [0.29, 0.717) is 0 Å². The topological polar surface area (TPSA) is 119 Å². The van der Waals surface area contributed by atoms with Crippen LogP contribution in [0.4, 0.5) is 0 Å². The van der Waals surface area contributed by atoms with Gasteiger partial charge in [0.25, 0.3) is 11.4 Å². The van der Waals surface area contributed by atoms with E-state index >= 15 is 0 Å². The molecule has 0 fully saturated rings. The average molecular weight is 332 g/mol. The third-order valence-corrected chi connectivity index (χ3v) is 3.77. The smallest absolute Gasteiger partial charge is 0.377 e. The number of esters is 1. The molecule has 0 radical (unpaired) electrons. The van der Waals surface area contributed by atoms with Gasteiger partial charge in [0.1, 0.15) is 17.1 Å². The number of Topliss-reactive ketones (excluding diaryl/α,β-unsaturated/α-hetero) is 2. The van der Waals surface area contributed by atoms with Gasteiger partial charge in [-0.05, 0) is 19.1 Å². The fourth-order valence-corrected chi connectivity index (χ4v) is 2.55. The number of phenols is 1.